The molecule has 1 aliphatic heterocycles. The number of aliphatic hydroxyl groups is 1. The molecule has 2 rings (SSSR count). The first-order chi connectivity index (χ1) is 10.3. The van der Waals surface area contributed by atoms with E-state index in [1.807, 2.05) is 19.1 Å². The third kappa shape index (κ3) is 3.12. The minimum Gasteiger partial charge on any atom is -0.487 e. The molecular formula is C18H27NO3. The maximum atomic E-state index is 11.6. The van der Waals surface area contributed by atoms with Gasteiger partial charge < -0.3 is 15.2 Å². The van der Waals surface area contributed by atoms with Gasteiger partial charge in [-0.15, -0.1) is 0 Å². The summed E-state index contributed by atoms with van der Waals surface area (Å²) in [5.74, 6) is 0.817. The van der Waals surface area contributed by atoms with E-state index in [1.165, 1.54) is 0 Å². The van der Waals surface area contributed by atoms with Crippen molar-refractivity contribution < 1.29 is 14.6 Å². The largest absolute Gasteiger partial charge is 0.487 e. The van der Waals surface area contributed by atoms with E-state index in [2.05, 4.69) is 19.2 Å². The average molecular weight is 305 g/mol. The second-order valence-electron chi connectivity index (χ2n) is 6.38. The van der Waals surface area contributed by atoms with Crippen molar-refractivity contribution in [3.05, 3.63) is 28.8 Å². The lowest BCUT2D eigenvalue weighted by atomic mass is 9.82. The molecule has 1 aliphatic rings. The van der Waals surface area contributed by atoms with Gasteiger partial charge in [0.2, 0.25) is 5.91 Å². The number of ether oxygens (including phenoxy) is 1. The van der Waals surface area contributed by atoms with Gasteiger partial charge in [-0.2, -0.15) is 0 Å². The molecule has 1 aromatic carbocycles. The first kappa shape index (κ1) is 16.8. The number of fused-ring (bicyclic) bond motifs is 1. The van der Waals surface area contributed by atoms with Crippen molar-refractivity contribution in [2.24, 2.45) is 0 Å². The van der Waals surface area contributed by atoms with Crippen LogP contribution in [0.4, 0.5) is 0 Å². The van der Waals surface area contributed by atoms with Crippen molar-refractivity contribution in [1.82, 2.24) is 5.32 Å². The van der Waals surface area contributed by atoms with E-state index in [0.717, 1.165) is 41.7 Å². The third-order valence-corrected chi connectivity index (χ3v) is 4.74. The lowest BCUT2D eigenvalue weighted by Crippen LogP contribution is -2.44. The second kappa shape index (κ2) is 6.29. The lowest BCUT2D eigenvalue weighted by molar-refractivity contribution is -0.120. The average Bonchev–Trinajstić information content (AvgIpc) is 2.46. The van der Waals surface area contributed by atoms with E-state index < -0.39 is 6.10 Å². The molecule has 0 bridgehead atoms. The number of carbonyl (C=O) groups is 1. The molecule has 0 fully saturated rings. The molecule has 2 unspecified atom stereocenters. The molecule has 0 saturated heterocycles. The summed E-state index contributed by atoms with van der Waals surface area (Å²) >= 11 is 0. The van der Waals surface area contributed by atoms with Crippen LogP contribution >= 0.6 is 0 Å². The molecule has 2 N–H and O–H groups in total. The summed E-state index contributed by atoms with van der Waals surface area (Å²) in [5, 5.41) is 12.9. The molecule has 2 atom stereocenters. The third-order valence-electron chi connectivity index (χ3n) is 4.74. The highest BCUT2D eigenvalue weighted by molar-refractivity contribution is 5.73. The Balaban J connectivity index is 2.55. The number of aryl methyl sites for hydroxylation is 1. The SMILES string of the molecule is CCC1(CC)CC(NC(C)=O)c2cc(C(C)O)cc(C)c2O1. The highest BCUT2D eigenvalue weighted by atomic mass is 16.5. The number of hydrogen-bond donors (Lipinski definition) is 2. The molecule has 0 saturated carbocycles. The van der Waals surface area contributed by atoms with Crippen LogP contribution in [-0.4, -0.2) is 16.6 Å². The van der Waals surface area contributed by atoms with Crippen LogP contribution in [0.15, 0.2) is 12.1 Å². The minimum atomic E-state index is -0.536. The topological polar surface area (TPSA) is 58.6 Å². The quantitative estimate of drug-likeness (QED) is 0.894. The summed E-state index contributed by atoms with van der Waals surface area (Å²) in [6.07, 6.45) is 2.02. The Hall–Kier alpha value is -1.55. The van der Waals surface area contributed by atoms with Gasteiger partial charge in [0.1, 0.15) is 11.4 Å². The molecule has 0 aliphatic carbocycles. The van der Waals surface area contributed by atoms with Gasteiger partial charge in [0.15, 0.2) is 0 Å². The molecule has 1 heterocycles. The highest BCUT2D eigenvalue weighted by Gasteiger charge is 2.39. The summed E-state index contributed by atoms with van der Waals surface area (Å²) in [4.78, 5) is 11.6. The minimum absolute atomic E-state index is 0.0425. The van der Waals surface area contributed by atoms with Crippen LogP contribution in [-0.2, 0) is 4.79 Å². The van der Waals surface area contributed by atoms with E-state index in [9.17, 15) is 9.90 Å². The molecule has 0 spiro atoms. The molecule has 0 radical (unpaired) electrons. The van der Waals surface area contributed by atoms with Crippen molar-refractivity contribution in [3.8, 4) is 5.75 Å². The summed E-state index contributed by atoms with van der Waals surface area (Å²) in [6, 6.07) is 3.86. The highest BCUT2D eigenvalue weighted by Crippen LogP contribution is 2.45. The molecule has 0 aromatic heterocycles. The van der Waals surface area contributed by atoms with E-state index >= 15 is 0 Å². The smallest absolute Gasteiger partial charge is 0.217 e. The van der Waals surface area contributed by atoms with Crippen LogP contribution in [0, 0.1) is 6.92 Å². The molecule has 22 heavy (non-hydrogen) atoms. The predicted molar refractivity (Wildman–Crippen MR) is 86.9 cm³/mol. The fourth-order valence-corrected chi connectivity index (χ4v) is 3.27. The first-order valence-electron chi connectivity index (χ1n) is 8.10. The number of amides is 1. The van der Waals surface area contributed by atoms with Gasteiger partial charge in [0.25, 0.3) is 0 Å². The normalized spacial score (nSPS) is 20.7. The van der Waals surface area contributed by atoms with Crippen LogP contribution in [0.1, 0.15) is 75.8 Å². The Labute approximate surface area is 132 Å². The Morgan fingerprint density at radius 1 is 1.45 bits per heavy atom. The van der Waals surface area contributed by atoms with E-state index in [0.29, 0.717) is 0 Å². The summed E-state index contributed by atoms with van der Waals surface area (Å²) < 4.78 is 6.36. The Morgan fingerprint density at radius 2 is 2.09 bits per heavy atom. The molecule has 1 amide bonds. The maximum Gasteiger partial charge on any atom is 0.217 e. The van der Waals surface area contributed by atoms with Gasteiger partial charge in [-0.05, 0) is 49.9 Å². The molecule has 122 valence electrons. The van der Waals surface area contributed by atoms with Crippen molar-refractivity contribution in [2.45, 2.75) is 71.6 Å². The van der Waals surface area contributed by atoms with Crippen molar-refractivity contribution in [1.29, 1.82) is 0 Å². The van der Waals surface area contributed by atoms with E-state index in [-0.39, 0.29) is 17.6 Å². The fourth-order valence-electron chi connectivity index (χ4n) is 3.27. The van der Waals surface area contributed by atoms with Gasteiger partial charge in [0.05, 0.1) is 12.1 Å². The number of aliphatic hydroxyl groups excluding tert-OH is 1. The van der Waals surface area contributed by atoms with Gasteiger partial charge in [-0.1, -0.05) is 13.8 Å². The van der Waals surface area contributed by atoms with Crippen molar-refractivity contribution in [2.75, 3.05) is 0 Å². The second-order valence-corrected chi connectivity index (χ2v) is 6.38. The summed E-state index contributed by atoms with van der Waals surface area (Å²) in [7, 11) is 0. The zero-order valence-corrected chi connectivity index (χ0v) is 14.2. The Bertz CT molecular complexity index is 562. The van der Waals surface area contributed by atoms with Crippen LogP contribution in [0.25, 0.3) is 0 Å². The zero-order chi connectivity index (χ0) is 16.5. The van der Waals surface area contributed by atoms with Gasteiger partial charge in [-0.3, -0.25) is 4.79 Å². The van der Waals surface area contributed by atoms with Gasteiger partial charge >= 0.3 is 0 Å². The molecule has 4 heteroatoms. The maximum absolute atomic E-state index is 11.6. The van der Waals surface area contributed by atoms with Gasteiger partial charge in [-0.25, -0.2) is 0 Å². The fraction of sp³-hybridized carbons (Fsp3) is 0.611. The Kier molecular flexibility index (Phi) is 4.81. The number of hydrogen-bond acceptors (Lipinski definition) is 3. The van der Waals surface area contributed by atoms with Gasteiger partial charge in [0, 0.05) is 18.9 Å². The van der Waals surface area contributed by atoms with Crippen molar-refractivity contribution in [3.63, 3.8) is 0 Å². The number of nitrogens with one attached hydrogen (secondary N) is 1. The summed E-state index contributed by atoms with van der Waals surface area (Å²) in [5.41, 5.74) is 2.60. The standard InChI is InChI=1S/C18H27NO3/c1-6-18(7-2)10-16(19-13(5)21)15-9-14(12(4)20)8-11(3)17(15)22-18/h8-9,12,16,20H,6-7,10H2,1-5H3,(H,19,21). The zero-order valence-electron chi connectivity index (χ0n) is 14.2. The van der Waals surface area contributed by atoms with Crippen LogP contribution in [0.3, 0.4) is 0 Å². The van der Waals surface area contributed by atoms with Crippen molar-refractivity contribution >= 4 is 5.91 Å². The molecule has 1 aromatic rings. The molecule has 4 nitrogen and oxygen atoms in total. The van der Waals surface area contributed by atoms with E-state index in [1.54, 1.807) is 13.8 Å². The number of benzene rings is 1. The van der Waals surface area contributed by atoms with Crippen LogP contribution in [0.2, 0.25) is 0 Å². The number of carbonyl (C=O) groups excluding carboxylic acids is 1. The number of rotatable bonds is 4. The predicted octanol–water partition coefficient (Wildman–Crippen LogP) is 3.57. The molecular weight excluding hydrogens is 278 g/mol. The monoisotopic (exact) mass is 305 g/mol. The van der Waals surface area contributed by atoms with Crippen LogP contribution < -0.4 is 10.1 Å². The first-order valence-corrected chi connectivity index (χ1v) is 8.10. The summed E-state index contributed by atoms with van der Waals surface area (Å²) in [6.45, 7) is 9.54. The Morgan fingerprint density at radius 3 is 2.59 bits per heavy atom. The lowest BCUT2D eigenvalue weighted by Gasteiger charge is -2.42. The van der Waals surface area contributed by atoms with E-state index in [4.69, 9.17) is 4.74 Å². The van der Waals surface area contributed by atoms with Crippen LogP contribution in [0.5, 0.6) is 5.75 Å².